The number of carbonyl (C=O) groups is 2. The third-order valence-electron chi connectivity index (χ3n) is 4.73. The number of amides is 2. The lowest BCUT2D eigenvalue weighted by Crippen LogP contribution is -2.57. The molecule has 0 aromatic heterocycles. The number of hydrazine groups is 1. The van der Waals surface area contributed by atoms with Gasteiger partial charge in [-0.05, 0) is 26.3 Å². The van der Waals surface area contributed by atoms with Crippen LogP contribution in [0.25, 0.3) is 0 Å². The fraction of sp³-hybridized carbons (Fsp3) is 0.529. The van der Waals surface area contributed by atoms with Gasteiger partial charge in [-0.3, -0.25) is 14.6 Å². The van der Waals surface area contributed by atoms with Crippen LogP contribution in [-0.4, -0.2) is 44.6 Å². The van der Waals surface area contributed by atoms with E-state index in [0.717, 1.165) is 5.56 Å². The maximum absolute atomic E-state index is 12.8. The molecule has 2 amide bonds. The number of benzene rings is 1. The molecule has 2 aliphatic rings. The summed E-state index contributed by atoms with van der Waals surface area (Å²) in [7, 11) is 0. The molecule has 1 aromatic carbocycles. The number of nitrogens with zero attached hydrogens (tertiary/aromatic N) is 2. The van der Waals surface area contributed by atoms with Gasteiger partial charge in [0.05, 0.1) is 12.0 Å². The van der Waals surface area contributed by atoms with Crippen LogP contribution < -0.4 is 5.43 Å². The van der Waals surface area contributed by atoms with Gasteiger partial charge in [0.15, 0.2) is 0 Å². The maximum Gasteiger partial charge on any atom is 0.272 e. The topological polar surface area (TPSA) is 72.9 Å². The van der Waals surface area contributed by atoms with Gasteiger partial charge < -0.3 is 10.0 Å². The van der Waals surface area contributed by atoms with Gasteiger partial charge in [-0.15, -0.1) is 0 Å². The number of carbonyl (C=O) groups excluding carboxylic acids is 2. The number of likely N-dealkylation sites (tertiary alicyclic amines) is 1. The third kappa shape index (κ3) is 2.33. The first-order chi connectivity index (χ1) is 10.7. The molecular weight excluding hydrogens is 294 g/mol. The summed E-state index contributed by atoms with van der Waals surface area (Å²) in [5.41, 5.74) is 1.56. The lowest BCUT2D eigenvalue weighted by atomic mass is 9.89. The lowest BCUT2D eigenvalue weighted by molar-refractivity contribution is -0.154. The second-order valence-corrected chi connectivity index (χ2v) is 7.32. The molecule has 2 N–H and O–H groups in total. The Morgan fingerprint density at radius 2 is 1.91 bits per heavy atom. The smallest absolute Gasteiger partial charge is 0.272 e. The molecular formula is C17H23N3O3. The monoisotopic (exact) mass is 317 g/mol. The van der Waals surface area contributed by atoms with Gasteiger partial charge in [-0.2, -0.15) is 5.43 Å². The molecule has 0 aliphatic carbocycles. The van der Waals surface area contributed by atoms with Crippen molar-refractivity contribution in [3.05, 3.63) is 35.9 Å². The van der Waals surface area contributed by atoms with Crippen LogP contribution >= 0.6 is 0 Å². The van der Waals surface area contributed by atoms with Crippen LogP contribution in [0.1, 0.15) is 39.3 Å². The van der Waals surface area contributed by atoms with Crippen LogP contribution in [0.3, 0.4) is 0 Å². The molecule has 0 spiro atoms. The minimum Gasteiger partial charge on any atom is -0.366 e. The van der Waals surface area contributed by atoms with Gasteiger partial charge in [0.2, 0.25) is 11.6 Å². The molecule has 0 radical (unpaired) electrons. The predicted molar refractivity (Wildman–Crippen MR) is 84.7 cm³/mol. The van der Waals surface area contributed by atoms with E-state index in [1.807, 2.05) is 51.1 Å². The number of fused-ring (bicyclic) bond motifs is 1. The van der Waals surface area contributed by atoms with Crippen LogP contribution in [0.15, 0.2) is 30.3 Å². The van der Waals surface area contributed by atoms with E-state index in [-0.39, 0.29) is 23.4 Å². The van der Waals surface area contributed by atoms with Crippen molar-refractivity contribution < 1.29 is 14.7 Å². The predicted octanol–water partition coefficient (Wildman–Crippen LogP) is 1.04. The van der Waals surface area contributed by atoms with Crippen molar-refractivity contribution >= 4 is 11.8 Å². The summed E-state index contributed by atoms with van der Waals surface area (Å²) in [5, 5.41) is 12.4. The second kappa shape index (κ2) is 5.04. The second-order valence-electron chi connectivity index (χ2n) is 7.32. The van der Waals surface area contributed by atoms with Crippen LogP contribution in [-0.2, 0) is 9.59 Å². The zero-order chi connectivity index (χ0) is 17.0. The van der Waals surface area contributed by atoms with Crippen molar-refractivity contribution in [2.45, 2.75) is 45.0 Å². The summed E-state index contributed by atoms with van der Waals surface area (Å²) in [6.07, 6.45) is 0. The highest BCUT2D eigenvalue weighted by molar-refractivity contribution is 5.89. The molecule has 23 heavy (non-hydrogen) atoms. The van der Waals surface area contributed by atoms with E-state index >= 15 is 0 Å². The number of rotatable bonds is 1. The summed E-state index contributed by atoms with van der Waals surface area (Å²) in [6, 6.07) is 9.13. The first-order valence-corrected chi connectivity index (χ1v) is 7.83. The van der Waals surface area contributed by atoms with Crippen molar-refractivity contribution in [1.29, 1.82) is 0 Å². The van der Waals surface area contributed by atoms with Crippen LogP contribution in [0.5, 0.6) is 0 Å². The van der Waals surface area contributed by atoms with Gasteiger partial charge in [0.1, 0.15) is 0 Å². The number of nitrogens with one attached hydrogen (secondary N) is 1. The number of hydrogen-bond acceptors (Lipinski definition) is 4. The average Bonchev–Trinajstić information content (AvgIpc) is 2.90. The molecule has 3 rings (SSSR count). The highest BCUT2D eigenvalue weighted by Crippen LogP contribution is 2.46. The van der Waals surface area contributed by atoms with Crippen LogP contribution in [0.4, 0.5) is 0 Å². The number of aliphatic hydroxyl groups is 1. The van der Waals surface area contributed by atoms with Gasteiger partial charge in [0, 0.05) is 19.0 Å². The van der Waals surface area contributed by atoms with Crippen molar-refractivity contribution in [2.24, 2.45) is 5.92 Å². The summed E-state index contributed by atoms with van der Waals surface area (Å²) < 4.78 is 0. The van der Waals surface area contributed by atoms with E-state index < -0.39 is 11.6 Å². The summed E-state index contributed by atoms with van der Waals surface area (Å²) in [6.45, 7) is 7.65. The van der Waals surface area contributed by atoms with Gasteiger partial charge in [-0.1, -0.05) is 30.3 Å². The maximum atomic E-state index is 12.8. The van der Waals surface area contributed by atoms with Gasteiger partial charge in [0.25, 0.3) is 5.91 Å². The van der Waals surface area contributed by atoms with E-state index in [2.05, 4.69) is 5.43 Å². The van der Waals surface area contributed by atoms with Gasteiger partial charge >= 0.3 is 0 Å². The standard InChI is InChI=1S/C17H23N3O3/c1-11(21)20-14(12-8-6-5-7-9-12)13-10-19(16(2,3)4)15(22)17(13,23)18-20/h5-9,13-14,18,23H,10H2,1-4H3/t13-,14-,17-/m1/s1. The molecule has 2 fully saturated rings. The molecule has 2 aliphatic heterocycles. The Morgan fingerprint density at radius 3 is 2.43 bits per heavy atom. The summed E-state index contributed by atoms with van der Waals surface area (Å²) >= 11 is 0. The highest BCUT2D eigenvalue weighted by atomic mass is 16.3. The fourth-order valence-electron chi connectivity index (χ4n) is 3.55. The minimum absolute atomic E-state index is 0.225. The van der Waals surface area contributed by atoms with Crippen molar-refractivity contribution in [1.82, 2.24) is 15.3 Å². The molecule has 6 heteroatoms. The molecule has 2 heterocycles. The fourth-order valence-corrected chi connectivity index (χ4v) is 3.55. The Labute approximate surface area is 136 Å². The SMILES string of the molecule is CC(=O)N1N[C@]2(O)C(=O)N(C(C)(C)C)C[C@@H]2[C@H]1c1ccccc1. The van der Waals surface area contributed by atoms with Crippen molar-refractivity contribution in [3.63, 3.8) is 0 Å². The molecule has 3 atom stereocenters. The van der Waals surface area contributed by atoms with E-state index in [9.17, 15) is 14.7 Å². The Hall–Kier alpha value is -1.92. The zero-order valence-electron chi connectivity index (χ0n) is 13.9. The van der Waals surface area contributed by atoms with E-state index in [4.69, 9.17) is 0 Å². The quantitative estimate of drug-likeness (QED) is 0.812. The Bertz CT molecular complexity index is 640. The lowest BCUT2D eigenvalue weighted by Gasteiger charge is -2.35. The summed E-state index contributed by atoms with van der Waals surface area (Å²) in [4.78, 5) is 26.5. The Balaban J connectivity index is 2.05. The third-order valence-corrected chi connectivity index (χ3v) is 4.73. The normalized spacial score (nSPS) is 30.7. The van der Waals surface area contributed by atoms with Gasteiger partial charge in [-0.25, -0.2) is 0 Å². The molecule has 0 unspecified atom stereocenters. The highest BCUT2D eigenvalue weighted by Gasteiger charge is 2.64. The number of hydrogen-bond donors (Lipinski definition) is 2. The van der Waals surface area contributed by atoms with Crippen LogP contribution in [0, 0.1) is 5.92 Å². The molecule has 124 valence electrons. The zero-order valence-corrected chi connectivity index (χ0v) is 13.9. The minimum atomic E-state index is -1.74. The average molecular weight is 317 g/mol. The Kier molecular flexibility index (Phi) is 3.50. The summed E-state index contributed by atoms with van der Waals surface area (Å²) in [5.74, 6) is -1.02. The van der Waals surface area contributed by atoms with E-state index in [0.29, 0.717) is 6.54 Å². The molecule has 0 saturated carbocycles. The molecule has 2 saturated heterocycles. The van der Waals surface area contributed by atoms with E-state index in [1.54, 1.807) is 4.90 Å². The van der Waals surface area contributed by atoms with Crippen LogP contribution in [0.2, 0.25) is 0 Å². The largest absolute Gasteiger partial charge is 0.366 e. The Morgan fingerprint density at radius 1 is 1.30 bits per heavy atom. The van der Waals surface area contributed by atoms with E-state index in [1.165, 1.54) is 11.9 Å². The molecule has 6 nitrogen and oxygen atoms in total. The van der Waals surface area contributed by atoms with Crippen molar-refractivity contribution in [2.75, 3.05) is 6.54 Å². The molecule has 0 bridgehead atoms. The molecule has 1 aromatic rings. The van der Waals surface area contributed by atoms with Crippen molar-refractivity contribution in [3.8, 4) is 0 Å². The first-order valence-electron chi connectivity index (χ1n) is 7.83. The first kappa shape index (κ1) is 16.0.